The first kappa shape index (κ1) is 15.9. The van der Waals surface area contributed by atoms with Crippen LogP contribution < -0.4 is 5.32 Å². The Hall–Kier alpha value is -0.0800. The highest BCUT2D eigenvalue weighted by molar-refractivity contribution is 4.65. The molecule has 0 saturated heterocycles. The van der Waals surface area contributed by atoms with E-state index in [2.05, 4.69) is 26.1 Å². The molecule has 98 valence electrons. The van der Waals surface area contributed by atoms with Crippen molar-refractivity contribution in [1.82, 2.24) is 5.32 Å². The van der Waals surface area contributed by atoms with Gasteiger partial charge in [0.1, 0.15) is 0 Å². The molecule has 0 heterocycles. The van der Waals surface area contributed by atoms with E-state index >= 15 is 0 Å². The van der Waals surface area contributed by atoms with Crippen LogP contribution in [0.15, 0.2) is 0 Å². The molecule has 1 N–H and O–H groups in total. The average Bonchev–Trinajstić information content (AvgIpc) is 2.30. The highest BCUT2D eigenvalue weighted by atomic mass is 16.5. The first-order valence-electron chi connectivity index (χ1n) is 7.16. The summed E-state index contributed by atoms with van der Waals surface area (Å²) in [6, 6.07) is 0.566. The lowest BCUT2D eigenvalue weighted by molar-refractivity contribution is 0.119. The van der Waals surface area contributed by atoms with Crippen molar-refractivity contribution in [2.75, 3.05) is 19.8 Å². The van der Waals surface area contributed by atoms with Crippen LogP contribution in [0.2, 0.25) is 0 Å². The molecule has 0 aromatic heterocycles. The van der Waals surface area contributed by atoms with Gasteiger partial charge in [-0.25, -0.2) is 0 Å². The summed E-state index contributed by atoms with van der Waals surface area (Å²) in [6.07, 6.45) is 9.54. The van der Waals surface area contributed by atoms with E-state index < -0.39 is 0 Å². The molecule has 0 aliphatic carbocycles. The van der Waals surface area contributed by atoms with Crippen LogP contribution in [0, 0.1) is 0 Å². The minimum atomic E-state index is 0.566. The fourth-order valence-corrected chi connectivity index (χ4v) is 1.96. The standard InChI is InChI=1S/C14H31NO/c1-4-7-8-9-10-11-12-14(15-5-2)13-16-6-3/h14-15H,4-13H2,1-3H3. The van der Waals surface area contributed by atoms with Gasteiger partial charge in [-0.1, -0.05) is 52.4 Å². The predicted molar refractivity (Wildman–Crippen MR) is 72.0 cm³/mol. The van der Waals surface area contributed by atoms with Crippen LogP contribution in [0.1, 0.15) is 65.7 Å². The van der Waals surface area contributed by atoms with E-state index in [1.807, 2.05) is 0 Å². The summed E-state index contributed by atoms with van der Waals surface area (Å²) in [5.41, 5.74) is 0. The molecule has 2 heteroatoms. The summed E-state index contributed by atoms with van der Waals surface area (Å²) < 4.78 is 5.48. The molecule has 0 aromatic rings. The minimum absolute atomic E-state index is 0.566. The van der Waals surface area contributed by atoms with E-state index in [9.17, 15) is 0 Å². The van der Waals surface area contributed by atoms with Gasteiger partial charge in [-0.3, -0.25) is 0 Å². The van der Waals surface area contributed by atoms with Crippen LogP contribution in [0.3, 0.4) is 0 Å². The van der Waals surface area contributed by atoms with Gasteiger partial charge in [0.15, 0.2) is 0 Å². The monoisotopic (exact) mass is 229 g/mol. The molecule has 0 aliphatic rings. The molecule has 1 atom stereocenters. The third-order valence-corrected chi connectivity index (χ3v) is 2.92. The number of likely N-dealkylation sites (N-methyl/N-ethyl adjacent to an activating group) is 1. The third kappa shape index (κ3) is 10.4. The lowest BCUT2D eigenvalue weighted by Gasteiger charge is -2.17. The first-order chi connectivity index (χ1) is 7.85. The van der Waals surface area contributed by atoms with E-state index in [0.717, 1.165) is 19.8 Å². The topological polar surface area (TPSA) is 21.3 Å². The van der Waals surface area contributed by atoms with Crippen molar-refractivity contribution in [2.24, 2.45) is 0 Å². The van der Waals surface area contributed by atoms with Gasteiger partial charge in [0, 0.05) is 12.6 Å². The van der Waals surface area contributed by atoms with Crippen molar-refractivity contribution in [3.8, 4) is 0 Å². The van der Waals surface area contributed by atoms with Crippen molar-refractivity contribution < 1.29 is 4.74 Å². The van der Waals surface area contributed by atoms with Crippen molar-refractivity contribution in [3.63, 3.8) is 0 Å². The van der Waals surface area contributed by atoms with Gasteiger partial charge >= 0.3 is 0 Å². The Balaban J connectivity index is 3.36. The molecule has 1 unspecified atom stereocenters. The van der Waals surface area contributed by atoms with E-state index in [1.54, 1.807) is 0 Å². The normalized spacial score (nSPS) is 12.9. The second-order valence-corrected chi connectivity index (χ2v) is 4.47. The Bertz CT molecular complexity index is 128. The summed E-state index contributed by atoms with van der Waals surface area (Å²) in [6.45, 7) is 9.25. The third-order valence-electron chi connectivity index (χ3n) is 2.92. The molecule has 2 nitrogen and oxygen atoms in total. The van der Waals surface area contributed by atoms with Gasteiger partial charge in [0.05, 0.1) is 6.61 Å². The Morgan fingerprint density at radius 3 is 2.25 bits per heavy atom. The number of unbranched alkanes of at least 4 members (excludes halogenated alkanes) is 5. The molecule has 0 spiro atoms. The van der Waals surface area contributed by atoms with Crippen LogP contribution in [0.4, 0.5) is 0 Å². The second kappa shape index (κ2) is 13.0. The second-order valence-electron chi connectivity index (χ2n) is 4.47. The van der Waals surface area contributed by atoms with Crippen molar-refractivity contribution in [1.29, 1.82) is 0 Å². The molecule has 0 saturated carbocycles. The summed E-state index contributed by atoms with van der Waals surface area (Å²) in [7, 11) is 0. The maximum atomic E-state index is 5.48. The van der Waals surface area contributed by atoms with E-state index in [4.69, 9.17) is 4.74 Å². The van der Waals surface area contributed by atoms with Crippen LogP contribution in [-0.4, -0.2) is 25.8 Å². The van der Waals surface area contributed by atoms with Gasteiger partial charge < -0.3 is 10.1 Å². The van der Waals surface area contributed by atoms with Gasteiger partial charge in [-0.05, 0) is 19.9 Å². The smallest absolute Gasteiger partial charge is 0.0619 e. The quantitative estimate of drug-likeness (QED) is 0.515. The average molecular weight is 229 g/mol. The maximum absolute atomic E-state index is 5.48. The fourth-order valence-electron chi connectivity index (χ4n) is 1.96. The van der Waals surface area contributed by atoms with E-state index in [0.29, 0.717) is 6.04 Å². The molecule has 0 amide bonds. The van der Waals surface area contributed by atoms with Crippen molar-refractivity contribution in [2.45, 2.75) is 71.8 Å². The lowest BCUT2D eigenvalue weighted by Crippen LogP contribution is -2.33. The zero-order valence-electron chi connectivity index (χ0n) is 11.6. The molecule has 0 rings (SSSR count). The molecule has 0 radical (unpaired) electrons. The molecule has 0 fully saturated rings. The van der Waals surface area contributed by atoms with Crippen molar-refractivity contribution in [3.05, 3.63) is 0 Å². The highest BCUT2D eigenvalue weighted by Crippen LogP contribution is 2.08. The highest BCUT2D eigenvalue weighted by Gasteiger charge is 2.06. The number of hydrogen-bond donors (Lipinski definition) is 1. The fraction of sp³-hybridized carbons (Fsp3) is 1.00. The maximum Gasteiger partial charge on any atom is 0.0619 e. The van der Waals surface area contributed by atoms with Gasteiger partial charge in [-0.15, -0.1) is 0 Å². The van der Waals surface area contributed by atoms with Crippen LogP contribution in [-0.2, 0) is 4.74 Å². The number of ether oxygens (including phenoxy) is 1. The predicted octanol–water partition coefficient (Wildman–Crippen LogP) is 3.75. The summed E-state index contributed by atoms with van der Waals surface area (Å²) in [5, 5.41) is 3.49. The largest absolute Gasteiger partial charge is 0.380 e. The molecular formula is C14H31NO. The summed E-state index contributed by atoms with van der Waals surface area (Å²) in [4.78, 5) is 0. The molecular weight excluding hydrogens is 198 g/mol. The molecule has 16 heavy (non-hydrogen) atoms. The molecule has 0 aromatic carbocycles. The Kier molecular flexibility index (Phi) is 12.9. The zero-order chi connectivity index (χ0) is 12.1. The Morgan fingerprint density at radius 1 is 0.938 bits per heavy atom. The lowest BCUT2D eigenvalue weighted by atomic mass is 10.1. The Labute approximate surface area is 102 Å². The Morgan fingerprint density at radius 2 is 1.62 bits per heavy atom. The number of nitrogens with one attached hydrogen (secondary N) is 1. The number of hydrogen-bond acceptors (Lipinski definition) is 2. The summed E-state index contributed by atoms with van der Waals surface area (Å²) in [5.74, 6) is 0. The minimum Gasteiger partial charge on any atom is -0.380 e. The molecule has 0 bridgehead atoms. The first-order valence-corrected chi connectivity index (χ1v) is 7.16. The van der Waals surface area contributed by atoms with E-state index in [1.165, 1.54) is 44.9 Å². The van der Waals surface area contributed by atoms with Gasteiger partial charge in [0.2, 0.25) is 0 Å². The van der Waals surface area contributed by atoms with E-state index in [-0.39, 0.29) is 0 Å². The van der Waals surface area contributed by atoms with Crippen molar-refractivity contribution >= 4 is 0 Å². The SMILES string of the molecule is CCCCCCCCC(COCC)NCC. The van der Waals surface area contributed by atoms with Crippen LogP contribution in [0.25, 0.3) is 0 Å². The summed E-state index contributed by atoms with van der Waals surface area (Å²) >= 11 is 0. The van der Waals surface area contributed by atoms with Gasteiger partial charge in [-0.2, -0.15) is 0 Å². The number of rotatable bonds is 12. The van der Waals surface area contributed by atoms with Crippen LogP contribution >= 0.6 is 0 Å². The molecule has 0 aliphatic heterocycles. The van der Waals surface area contributed by atoms with Crippen LogP contribution in [0.5, 0.6) is 0 Å². The zero-order valence-corrected chi connectivity index (χ0v) is 11.6. The van der Waals surface area contributed by atoms with Gasteiger partial charge in [0.25, 0.3) is 0 Å².